The fraction of sp³-hybridized carbons (Fsp3) is 0.0208. The van der Waals surface area contributed by atoms with E-state index in [1.54, 1.807) is 0 Å². The van der Waals surface area contributed by atoms with E-state index in [0.29, 0.717) is 34.9 Å². The highest BCUT2D eigenvalue weighted by molar-refractivity contribution is 6.22. The second-order valence-electron chi connectivity index (χ2n) is 27.4. The van der Waals surface area contributed by atoms with Gasteiger partial charge in [-0.25, -0.2) is 29.9 Å². The van der Waals surface area contributed by atoms with Crippen molar-refractivity contribution in [1.82, 2.24) is 29.9 Å². The molecule has 1 atom stereocenters. The Hall–Kier alpha value is -13.4. The molecule has 0 bridgehead atoms. The van der Waals surface area contributed by atoms with Gasteiger partial charge in [-0.2, -0.15) is 0 Å². The zero-order valence-corrected chi connectivity index (χ0v) is 55.0. The number of benzene rings is 16. The van der Waals surface area contributed by atoms with Crippen LogP contribution in [0.15, 0.2) is 340 Å². The highest BCUT2D eigenvalue weighted by Crippen LogP contribution is 2.66. The van der Waals surface area contributed by atoms with Crippen LogP contribution in [0.25, 0.3) is 167 Å². The van der Waals surface area contributed by atoms with Gasteiger partial charge >= 0.3 is 0 Å². The summed E-state index contributed by atoms with van der Waals surface area (Å²) in [5.74, 6) is 3.69. The van der Waals surface area contributed by atoms with Crippen LogP contribution < -0.4 is 0 Å². The molecule has 0 fully saturated rings. The van der Waals surface area contributed by atoms with Gasteiger partial charge in [0.15, 0.2) is 34.9 Å². The Morgan fingerprint density at radius 1 is 0.167 bits per heavy atom. The Labute approximate surface area is 588 Å². The maximum Gasteiger partial charge on any atom is 0.164 e. The smallest absolute Gasteiger partial charge is 0.164 e. The van der Waals surface area contributed by atoms with Gasteiger partial charge in [0.1, 0.15) is 0 Å². The quantitative estimate of drug-likeness (QED) is 0.134. The molecule has 2 spiro atoms. The normalized spacial score (nSPS) is 14.4. The van der Waals surface area contributed by atoms with Gasteiger partial charge in [0, 0.05) is 33.4 Å². The third kappa shape index (κ3) is 7.83. The van der Waals surface area contributed by atoms with Crippen molar-refractivity contribution in [1.29, 1.82) is 0 Å². The number of hydrogen-bond donors (Lipinski definition) is 0. The molecule has 2 aromatic heterocycles. The van der Waals surface area contributed by atoms with E-state index in [1.807, 2.05) is 18.2 Å². The average molecular weight is 1290 g/mol. The van der Waals surface area contributed by atoms with Crippen molar-refractivity contribution >= 4 is 43.1 Å². The lowest BCUT2D eigenvalue weighted by Crippen LogP contribution is -2.26. The molecule has 0 radical (unpaired) electrons. The van der Waals surface area contributed by atoms with E-state index in [1.165, 1.54) is 104 Å². The monoisotopic (exact) mass is 1290 g/mol. The predicted molar refractivity (Wildman–Crippen MR) is 414 cm³/mol. The number of hydrogen-bond acceptors (Lipinski definition) is 6. The van der Waals surface area contributed by atoms with E-state index >= 15 is 0 Å². The second-order valence-corrected chi connectivity index (χ2v) is 27.4. The molecule has 470 valence electrons. The maximum atomic E-state index is 5.50. The minimum atomic E-state index is -0.647. The molecule has 18 aromatic rings. The van der Waals surface area contributed by atoms with Crippen LogP contribution in [0, 0.1) is 0 Å². The van der Waals surface area contributed by atoms with Crippen molar-refractivity contribution in [2.45, 2.75) is 10.8 Å². The fourth-order valence-corrected chi connectivity index (χ4v) is 18.3. The van der Waals surface area contributed by atoms with Crippen LogP contribution in [0.2, 0.25) is 0 Å². The van der Waals surface area contributed by atoms with Crippen LogP contribution >= 0.6 is 0 Å². The molecule has 16 aromatic carbocycles. The minimum Gasteiger partial charge on any atom is -0.208 e. The summed E-state index contributed by atoms with van der Waals surface area (Å²) in [7, 11) is 0. The van der Waals surface area contributed by atoms with Crippen LogP contribution in [0.5, 0.6) is 0 Å². The number of rotatable bonds is 9. The van der Waals surface area contributed by atoms with Gasteiger partial charge in [-0.15, -0.1) is 0 Å². The Morgan fingerprint density at radius 3 is 1.12 bits per heavy atom. The summed E-state index contributed by atoms with van der Waals surface area (Å²) in [6, 6.07) is 123. The minimum absolute atomic E-state index is 0.482. The highest BCUT2D eigenvalue weighted by atomic mass is 15.0. The summed E-state index contributed by atoms with van der Waals surface area (Å²) >= 11 is 0. The first-order valence-corrected chi connectivity index (χ1v) is 35.0. The summed E-state index contributed by atoms with van der Waals surface area (Å²) in [6.45, 7) is 0. The molecule has 0 N–H and O–H groups in total. The van der Waals surface area contributed by atoms with E-state index in [2.05, 4.69) is 322 Å². The van der Waals surface area contributed by atoms with Gasteiger partial charge in [0.05, 0.1) is 10.8 Å². The summed E-state index contributed by atoms with van der Waals surface area (Å²) in [4.78, 5) is 32.6. The molecular weight excluding hydrogens is 1240 g/mol. The van der Waals surface area contributed by atoms with Gasteiger partial charge in [-0.1, -0.05) is 328 Å². The lowest BCUT2D eigenvalue weighted by molar-refractivity contribution is 0.797. The van der Waals surface area contributed by atoms with Crippen LogP contribution in [0.4, 0.5) is 0 Å². The largest absolute Gasteiger partial charge is 0.208 e. The van der Waals surface area contributed by atoms with Crippen molar-refractivity contribution in [2.75, 3.05) is 0 Å². The Balaban J connectivity index is 0.687. The maximum absolute atomic E-state index is 5.50. The van der Waals surface area contributed by atoms with Crippen molar-refractivity contribution < 1.29 is 0 Å². The molecule has 0 aliphatic heterocycles. The molecule has 102 heavy (non-hydrogen) atoms. The molecule has 6 heteroatoms. The lowest BCUT2D eigenvalue weighted by Gasteiger charge is -2.31. The Bertz CT molecular complexity index is 6560. The summed E-state index contributed by atoms with van der Waals surface area (Å²) in [5.41, 5.74) is 26.0. The van der Waals surface area contributed by atoms with E-state index < -0.39 is 10.8 Å². The number of fused-ring (bicyclic) bond motifs is 14. The molecule has 0 saturated heterocycles. The van der Waals surface area contributed by atoms with Gasteiger partial charge in [0.25, 0.3) is 0 Å². The molecule has 0 saturated carbocycles. The molecule has 4 aliphatic rings. The van der Waals surface area contributed by atoms with E-state index in [-0.39, 0.29) is 0 Å². The van der Waals surface area contributed by atoms with E-state index in [9.17, 15) is 0 Å². The van der Waals surface area contributed by atoms with Gasteiger partial charge in [-0.05, 0) is 155 Å². The summed E-state index contributed by atoms with van der Waals surface area (Å²) in [5, 5.41) is 10.1. The third-order valence-electron chi connectivity index (χ3n) is 22.4. The lowest BCUT2D eigenvalue weighted by atomic mass is 9.70. The molecule has 6 nitrogen and oxygen atoms in total. The highest BCUT2D eigenvalue weighted by Gasteiger charge is 2.53. The van der Waals surface area contributed by atoms with Gasteiger partial charge in [0.2, 0.25) is 0 Å². The molecule has 0 amide bonds. The first-order chi connectivity index (χ1) is 50.6. The SMILES string of the molecule is c1ccc(-c2nc(-c3ccccc3-c3ccccc3)nc(-c3cccc4c3-c3ccccc3C43c4cccc5cc(-c6ccc(-c7nc(-c8ccc9c(c8)-c8ccccc8C98c9cccc%10ccc%11cccc8c%11c9%10)nc(-c8ccccc8-c8ccccc8)n7)cc6)c6cccc3c6c45)n2)cc1. The Kier molecular flexibility index (Phi) is 11.9. The molecular formula is C96H56N6. The standard InChI is InChI=1S/C96H56N6/c1-4-23-57(24-5-1)66-32-10-12-35-70(66)92-99-90(97-91(101-92)65-53-54-78-75(56-65)68-34-14-16-40-76(68)95(78)79-42-18-29-60-49-50-61-30-19-43-80(95)85(61)84(60)79)63-51-47-59(48-52-63)74-55-64-31-20-44-81-86(64)88-69(74)38-21-46-83(88)96(81)77-41-17-15-37-72(77)87-73(39-22-45-82(87)96)94-100-89(62-27-8-3-9-28-62)98-93(102-94)71-36-13-11-33-67(71)58-25-6-2-7-26-58/h1-56H. The second kappa shape index (κ2) is 21.5. The molecule has 2 heterocycles. The van der Waals surface area contributed by atoms with Crippen molar-refractivity contribution in [2.24, 2.45) is 0 Å². The van der Waals surface area contributed by atoms with E-state index in [4.69, 9.17) is 29.9 Å². The zero-order valence-electron chi connectivity index (χ0n) is 55.0. The zero-order chi connectivity index (χ0) is 66.8. The first kappa shape index (κ1) is 56.6. The molecule has 1 unspecified atom stereocenters. The number of aromatic nitrogens is 6. The van der Waals surface area contributed by atoms with Crippen molar-refractivity contribution in [3.8, 4) is 124 Å². The van der Waals surface area contributed by atoms with Crippen LogP contribution in [-0.2, 0) is 10.8 Å². The van der Waals surface area contributed by atoms with Crippen molar-refractivity contribution in [3.63, 3.8) is 0 Å². The van der Waals surface area contributed by atoms with Gasteiger partial charge in [-0.3, -0.25) is 0 Å². The third-order valence-corrected chi connectivity index (χ3v) is 22.4. The predicted octanol–water partition coefficient (Wildman–Crippen LogP) is 23.0. The van der Waals surface area contributed by atoms with Crippen LogP contribution in [-0.4, -0.2) is 29.9 Å². The topological polar surface area (TPSA) is 77.3 Å². The Morgan fingerprint density at radius 2 is 0.520 bits per heavy atom. The first-order valence-electron chi connectivity index (χ1n) is 35.0. The van der Waals surface area contributed by atoms with E-state index in [0.717, 1.165) is 72.3 Å². The summed E-state index contributed by atoms with van der Waals surface area (Å²) < 4.78 is 0. The van der Waals surface area contributed by atoms with Crippen LogP contribution in [0.3, 0.4) is 0 Å². The number of nitrogens with zero attached hydrogens (tertiary/aromatic N) is 6. The van der Waals surface area contributed by atoms with Gasteiger partial charge < -0.3 is 0 Å². The molecule has 4 aliphatic carbocycles. The summed E-state index contributed by atoms with van der Waals surface area (Å²) in [6.07, 6.45) is 0. The van der Waals surface area contributed by atoms with Crippen molar-refractivity contribution in [3.05, 3.63) is 384 Å². The fourth-order valence-electron chi connectivity index (χ4n) is 18.3. The van der Waals surface area contributed by atoms with Crippen LogP contribution in [0.1, 0.15) is 44.5 Å². The molecule has 22 rings (SSSR count). The average Bonchev–Trinajstić information content (AvgIpc) is 1.50.